The average molecular weight is 176 g/mol. The van der Waals surface area contributed by atoms with E-state index < -0.39 is 5.91 Å². The molecule has 0 spiro atoms. The van der Waals surface area contributed by atoms with E-state index in [1.807, 2.05) is 6.07 Å². The Labute approximate surface area is 74.2 Å². The van der Waals surface area contributed by atoms with Crippen molar-refractivity contribution in [1.29, 1.82) is 0 Å². The van der Waals surface area contributed by atoms with Gasteiger partial charge in [0.1, 0.15) is 5.52 Å². The zero-order chi connectivity index (χ0) is 9.42. The van der Waals surface area contributed by atoms with Crippen molar-refractivity contribution in [3.63, 3.8) is 0 Å². The van der Waals surface area contributed by atoms with Gasteiger partial charge in [-0.1, -0.05) is 0 Å². The molecule has 5 heteroatoms. The van der Waals surface area contributed by atoms with Crippen LogP contribution in [0.3, 0.4) is 0 Å². The largest absolute Gasteiger partial charge is 0.364 e. The number of aryl methyl sites for hydroxylation is 1. The number of nitrogens with zero attached hydrogens (tertiary/aromatic N) is 3. The van der Waals surface area contributed by atoms with Gasteiger partial charge >= 0.3 is 0 Å². The van der Waals surface area contributed by atoms with Gasteiger partial charge in [-0.25, -0.2) is 0 Å². The maximum atomic E-state index is 10.9. The molecule has 2 rings (SSSR count). The van der Waals surface area contributed by atoms with Gasteiger partial charge in [0.2, 0.25) is 0 Å². The molecule has 0 aliphatic carbocycles. The van der Waals surface area contributed by atoms with E-state index in [1.54, 1.807) is 24.0 Å². The number of hydrogen-bond acceptors (Lipinski definition) is 3. The molecule has 0 bridgehead atoms. The highest BCUT2D eigenvalue weighted by atomic mass is 16.1. The number of primary amides is 1. The molecule has 13 heavy (non-hydrogen) atoms. The van der Waals surface area contributed by atoms with Gasteiger partial charge in [-0.3, -0.25) is 14.5 Å². The second-order valence-electron chi connectivity index (χ2n) is 2.71. The molecule has 0 aliphatic rings. The summed E-state index contributed by atoms with van der Waals surface area (Å²) in [5.74, 6) is -0.552. The Balaban J connectivity index is 2.85. The van der Waals surface area contributed by atoms with Crippen LogP contribution in [0.25, 0.3) is 11.0 Å². The van der Waals surface area contributed by atoms with E-state index in [9.17, 15) is 4.79 Å². The molecule has 2 N–H and O–H groups in total. The topological polar surface area (TPSA) is 73.8 Å². The molecule has 0 radical (unpaired) electrons. The first-order chi connectivity index (χ1) is 6.20. The van der Waals surface area contributed by atoms with E-state index in [0.717, 1.165) is 5.52 Å². The quantitative estimate of drug-likeness (QED) is 0.668. The second kappa shape index (κ2) is 2.55. The van der Waals surface area contributed by atoms with Crippen LogP contribution in [-0.4, -0.2) is 20.7 Å². The summed E-state index contributed by atoms with van der Waals surface area (Å²) in [7, 11) is 1.75. The number of carbonyl (C=O) groups excluding carboxylic acids is 1. The van der Waals surface area contributed by atoms with Gasteiger partial charge < -0.3 is 5.73 Å². The summed E-state index contributed by atoms with van der Waals surface area (Å²) in [5, 5.41) is 3.97. The molecule has 0 atom stereocenters. The molecule has 2 aromatic heterocycles. The normalized spacial score (nSPS) is 10.5. The zero-order valence-corrected chi connectivity index (χ0v) is 7.06. The van der Waals surface area contributed by atoms with Gasteiger partial charge in [0.15, 0.2) is 5.69 Å². The fraction of sp³-hybridized carbons (Fsp3) is 0.125. The summed E-state index contributed by atoms with van der Waals surface area (Å²) >= 11 is 0. The molecule has 5 nitrogen and oxygen atoms in total. The maximum absolute atomic E-state index is 10.9. The molecule has 0 aliphatic heterocycles. The Hall–Kier alpha value is -1.91. The number of pyridine rings is 1. The van der Waals surface area contributed by atoms with Gasteiger partial charge in [-0.05, 0) is 12.1 Å². The van der Waals surface area contributed by atoms with Crippen molar-refractivity contribution >= 4 is 16.9 Å². The molecule has 0 unspecified atom stereocenters. The molecule has 0 saturated heterocycles. The van der Waals surface area contributed by atoms with Crippen molar-refractivity contribution in [2.45, 2.75) is 0 Å². The first kappa shape index (κ1) is 7.72. The van der Waals surface area contributed by atoms with Crippen LogP contribution in [0.5, 0.6) is 0 Å². The van der Waals surface area contributed by atoms with Crippen molar-refractivity contribution in [2.75, 3.05) is 0 Å². The molecule has 0 saturated carbocycles. The van der Waals surface area contributed by atoms with E-state index in [0.29, 0.717) is 5.52 Å². The first-order valence-electron chi connectivity index (χ1n) is 3.77. The Bertz CT molecular complexity index is 474. The SMILES string of the molecule is Cn1nc(C(N)=O)c2ncccc21. The summed E-state index contributed by atoms with van der Waals surface area (Å²) in [4.78, 5) is 15.0. The third-order valence-electron chi connectivity index (χ3n) is 1.84. The smallest absolute Gasteiger partial charge is 0.271 e. The summed E-state index contributed by atoms with van der Waals surface area (Å²) in [6.45, 7) is 0. The minimum atomic E-state index is -0.552. The van der Waals surface area contributed by atoms with E-state index in [2.05, 4.69) is 10.1 Å². The second-order valence-corrected chi connectivity index (χ2v) is 2.71. The van der Waals surface area contributed by atoms with Gasteiger partial charge in [0.05, 0.1) is 5.52 Å². The van der Waals surface area contributed by atoms with Crippen molar-refractivity contribution in [3.8, 4) is 0 Å². The minimum absolute atomic E-state index is 0.220. The lowest BCUT2D eigenvalue weighted by Gasteiger charge is -1.89. The number of nitrogens with two attached hydrogens (primary N) is 1. The van der Waals surface area contributed by atoms with Crippen LogP contribution in [0, 0.1) is 0 Å². The number of hydrogen-bond donors (Lipinski definition) is 1. The monoisotopic (exact) mass is 176 g/mol. The van der Waals surface area contributed by atoms with Crippen LogP contribution in [0.2, 0.25) is 0 Å². The van der Waals surface area contributed by atoms with Gasteiger partial charge in [0.25, 0.3) is 5.91 Å². The Morgan fingerprint density at radius 1 is 1.62 bits per heavy atom. The zero-order valence-electron chi connectivity index (χ0n) is 7.06. The minimum Gasteiger partial charge on any atom is -0.364 e. The number of aromatic nitrogens is 3. The summed E-state index contributed by atoms with van der Waals surface area (Å²) in [6.07, 6.45) is 1.61. The highest BCUT2D eigenvalue weighted by Gasteiger charge is 2.13. The fourth-order valence-corrected chi connectivity index (χ4v) is 1.26. The lowest BCUT2D eigenvalue weighted by atomic mass is 10.3. The fourth-order valence-electron chi connectivity index (χ4n) is 1.26. The van der Waals surface area contributed by atoms with Crippen molar-refractivity contribution in [2.24, 2.45) is 12.8 Å². The molecule has 0 aromatic carbocycles. The molecular formula is C8H8N4O. The number of fused-ring (bicyclic) bond motifs is 1. The summed E-state index contributed by atoms with van der Waals surface area (Å²) < 4.78 is 1.59. The number of amides is 1. The van der Waals surface area contributed by atoms with Crippen LogP contribution in [0.4, 0.5) is 0 Å². The van der Waals surface area contributed by atoms with E-state index in [1.165, 1.54) is 0 Å². The van der Waals surface area contributed by atoms with Crippen molar-refractivity contribution < 1.29 is 4.79 Å². The standard InChI is InChI=1S/C8H8N4O/c1-12-5-3-2-4-10-6(5)7(11-12)8(9)13/h2-4H,1H3,(H2,9,13). The van der Waals surface area contributed by atoms with Crippen molar-refractivity contribution in [1.82, 2.24) is 14.8 Å². The Morgan fingerprint density at radius 2 is 2.38 bits per heavy atom. The van der Waals surface area contributed by atoms with Crippen LogP contribution >= 0.6 is 0 Å². The first-order valence-corrected chi connectivity index (χ1v) is 3.77. The lowest BCUT2D eigenvalue weighted by Crippen LogP contribution is -2.12. The van der Waals surface area contributed by atoms with E-state index >= 15 is 0 Å². The maximum Gasteiger partial charge on any atom is 0.271 e. The van der Waals surface area contributed by atoms with Crippen LogP contribution in [-0.2, 0) is 7.05 Å². The third kappa shape index (κ3) is 1.05. The van der Waals surface area contributed by atoms with Crippen molar-refractivity contribution in [3.05, 3.63) is 24.0 Å². The lowest BCUT2D eigenvalue weighted by molar-refractivity contribution is 0.0996. The van der Waals surface area contributed by atoms with E-state index in [-0.39, 0.29) is 5.69 Å². The van der Waals surface area contributed by atoms with Gasteiger partial charge in [0, 0.05) is 13.2 Å². The predicted octanol–water partition coefficient (Wildman–Crippen LogP) is 0.0672. The van der Waals surface area contributed by atoms with Crippen LogP contribution in [0.1, 0.15) is 10.5 Å². The number of carbonyl (C=O) groups is 1. The summed E-state index contributed by atoms with van der Waals surface area (Å²) in [6, 6.07) is 3.62. The predicted molar refractivity (Wildman–Crippen MR) is 47.0 cm³/mol. The summed E-state index contributed by atoms with van der Waals surface area (Å²) in [5.41, 5.74) is 6.71. The molecule has 0 fully saturated rings. The Morgan fingerprint density at radius 3 is 3.08 bits per heavy atom. The molecule has 66 valence electrons. The van der Waals surface area contributed by atoms with Gasteiger partial charge in [-0.2, -0.15) is 5.10 Å². The molecule has 2 aromatic rings. The molecule has 1 amide bonds. The third-order valence-corrected chi connectivity index (χ3v) is 1.84. The number of rotatable bonds is 1. The van der Waals surface area contributed by atoms with E-state index in [4.69, 9.17) is 5.73 Å². The highest BCUT2D eigenvalue weighted by molar-refractivity contribution is 6.02. The van der Waals surface area contributed by atoms with Crippen LogP contribution < -0.4 is 5.73 Å². The Kier molecular flexibility index (Phi) is 1.51. The highest BCUT2D eigenvalue weighted by Crippen LogP contribution is 2.13. The molecule has 2 heterocycles. The average Bonchev–Trinajstić information content (AvgIpc) is 2.45. The van der Waals surface area contributed by atoms with Gasteiger partial charge in [-0.15, -0.1) is 0 Å². The molecular weight excluding hydrogens is 168 g/mol. The van der Waals surface area contributed by atoms with Crippen LogP contribution in [0.15, 0.2) is 18.3 Å².